The third-order valence-electron chi connectivity index (χ3n) is 3.08. The van der Waals surface area contributed by atoms with Crippen molar-refractivity contribution in [2.45, 2.75) is 32.1 Å². The zero-order valence-corrected chi connectivity index (χ0v) is 8.79. The lowest BCUT2D eigenvalue weighted by Gasteiger charge is -2.23. The molecule has 0 radical (unpaired) electrons. The van der Waals surface area contributed by atoms with E-state index in [1.807, 2.05) is 12.1 Å². The summed E-state index contributed by atoms with van der Waals surface area (Å²) in [5.41, 5.74) is 3.01. The second kappa shape index (κ2) is 3.86. The lowest BCUT2D eigenvalue weighted by Crippen LogP contribution is -2.16. The molecule has 0 spiro atoms. The maximum atomic E-state index is 11.5. The average molecular weight is 199 g/mol. The van der Waals surface area contributed by atoms with Crippen LogP contribution in [0.1, 0.15) is 42.4 Å². The molecule has 0 fully saturated rings. The van der Waals surface area contributed by atoms with E-state index in [1.54, 1.807) is 13.0 Å². The van der Waals surface area contributed by atoms with E-state index in [0.29, 0.717) is 5.56 Å². The summed E-state index contributed by atoms with van der Waals surface area (Å²) >= 11 is 0. The predicted octanol–water partition coefficient (Wildman–Crippen LogP) is 2.57. The molecule has 0 N–H and O–H groups in total. The van der Waals surface area contributed by atoms with Gasteiger partial charge in [-0.3, -0.25) is 4.79 Å². The van der Waals surface area contributed by atoms with Crippen LogP contribution in [0.3, 0.4) is 0 Å². The molecule has 1 aromatic carbocycles. The number of hydrogen-bond donors (Lipinski definition) is 0. The molecule has 0 aliphatic heterocycles. The van der Waals surface area contributed by atoms with Crippen LogP contribution in [0.5, 0.6) is 0 Å². The van der Waals surface area contributed by atoms with Crippen molar-refractivity contribution in [3.63, 3.8) is 0 Å². The van der Waals surface area contributed by atoms with Gasteiger partial charge in [0.15, 0.2) is 0 Å². The van der Waals surface area contributed by atoms with Crippen molar-refractivity contribution < 1.29 is 4.79 Å². The number of carbonyl (C=O) groups excluding carboxylic acids is 1. The van der Waals surface area contributed by atoms with Crippen molar-refractivity contribution in [2.75, 3.05) is 0 Å². The molecule has 1 unspecified atom stereocenters. The first kappa shape index (κ1) is 9.92. The Morgan fingerprint density at radius 2 is 2.33 bits per heavy atom. The summed E-state index contributed by atoms with van der Waals surface area (Å²) in [7, 11) is 0. The lowest BCUT2D eigenvalue weighted by atomic mass is 9.80. The maximum Gasteiger partial charge on any atom is 0.137 e. The Hall–Kier alpha value is -1.62. The highest BCUT2D eigenvalue weighted by atomic mass is 16.1. The number of aryl methyl sites for hydroxylation is 1. The number of hydrogen-bond acceptors (Lipinski definition) is 2. The number of nitriles is 1. The highest BCUT2D eigenvalue weighted by Gasteiger charge is 2.23. The molecule has 0 amide bonds. The van der Waals surface area contributed by atoms with E-state index in [-0.39, 0.29) is 11.7 Å². The number of nitrogens with zero attached hydrogens (tertiary/aromatic N) is 1. The molecule has 2 heteroatoms. The number of rotatable bonds is 1. The summed E-state index contributed by atoms with van der Waals surface area (Å²) in [5, 5.41) is 8.80. The van der Waals surface area contributed by atoms with E-state index in [9.17, 15) is 4.79 Å². The number of Topliss-reactive ketones (excluding diaryl/α,β-unsaturated/α-hetero) is 1. The van der Waals surface area contributed by atoms with Gasteiger partial charge in [-0.05, 0) is 49.4 Å². The SMILES string of the molecule is CC(=O)C1CCCc2cc(C#N)ccc21. The second-order valence-corrected chi connectivity index (χ2v) is 4.08. The molecule has 0 bridgehead atoms. The first-order valence-corrected chi connectivity index (χ1v) is 5.25. The highest BCUT2D eigenvalue weighted by Crippen LogP contribution is 2.32. The molecule has 2 rings (SSSR count). The summed E-state index contributed by atoms with van der Waals surface area (Å²) in [6.45, 7) is 1.65. The Balaban J connectivity index is 2.46. The van der Waals surface area contributed by atoms with Gasteiger partial charge in [-0.1, -0.05) is 6.07 Å². The van der Waals surface area contributed by atoms with Crippen LogP contribution in [0.4, 0.5) is 0 Å². The number of fused-ring (bicyclic) bond motifs is 1. The standard InChI is InChI=1S/C13H13NO/c1-9(15)12-4-2-3-11-7-10(8-14)5-6-13(11)12/h5-7,12H,2-4H2,1H3. The summed E-state index contributed by atoms with van der Waals surface area (Å²) in [6.07, 6.45) is 3.00. The van der Waals surface area contributed by atoms with Gasteiger partial charge in [-0.15, -0.1) is 0 Å². The van der Waals surface area contributed by atoms with Gasteiger partial charge in [0.05, 0.1) is 11.6 Å². The van der Waals surface area contributed by atoms with Gasteiger partial charge in [-0.25, -0.2) is 0 Å². The summed E-state index contributed by atoms with van der Waals surface area (Å²) in [5.74, 6) is 0.294. The molecule has 1 atom stereocenters. The monoisotopic (exact) mass is 199 g/mol. The van der Waals surface area contributed by atoms with Crippen molar-refractivity contribution >= 4 is 5.78 Å². The van der Waals surface area contributed by atoms with E-state index in [2.05, 4.69) is 6.07 Å². The van der Waals surface area contributed by atoms with Crippen LogP contribution in [0.2, 0.25) is 0 Å². The van der Waals surface area contributed by atoms with Crippen molar-refractivity contribution in [3.05, 3.63) is 34.9 Å². The van der Waals surface area contributed by atoms with Crippen LogP contribution >= 0.6 is 0 Å². The van der Waals surface area contributed by atoms with E-state index >= 15 is 0 Å². The topological polar surface area (TPSA) is 40.9 Å². The fraction of sp³-hybridized carbons (Fsp3) is 0.385. The summed E-state index contributed by atoms with van der Waals surface area (Å²) in [6, 6.07) is 7.81. The normalized spacial score (nSPS) is 19.1. The molecule has 1 aliphatic rings. The summed E-state index contributed by atoms with van der Waals surface area (Å²) in [4.78, 5) is 11.5. The molecule has 2 nitrogen and oxygen atoms in total. The van der Waals surface area contributed by atoms with Crippen LogP contribution < -0.4 is 0 Å². The second-order valence-electron chi connectivity index (χ2n) is 4.08. The molecular formula is C13H13NO. The zero-order valence-electron chi connectivity index (χ0n) is 8.79. The molecule has 0 saturated heterocycles. The van der Waals surface area contributed by atoms with E-state index in [1.165, 1.54) is 5.56 Å². The van der Waals surface area contributed by atoms with Crippen LogP contribution in [0, 0.1) is 11.3 Å². The zero-order chi connectivity index (χ0) is 10.8. The Bertz CT molecular complexity index is 442. The quantitative estimate of drug-likeness (QED) is 0.697. The molecule has 0 heterocycles. The highest BCUT2D eigenvalue weighted by molar-refractivity contribution is 5.84. The van der Waals surface area contributed by atoms with Gasteiger partial charge < -0.3 is 0 Å². The number of benzene rings is 1. The molecule has 1 aliphatic carbocycles. The van der Waals surface area contributed by atoms with Crippen LogP contribution in [-0.2, 0) is 11.2 Å². The van der Waals surface area contributed by atoms with Gasteiger partial charge in [-0.2, -0.15) is 5.26 Å². The van der Waals surface area contributed by atoms with E-state index in [0.717, 1.165) is 24.8 Å². The lowest BCUT2D eigenvalue weighted by molar-refractivity contribution is -0.118. The number of carbonyl (C=O) groups is 1. The van der Waals surface area contributed by atoms with E-state index in [4.69, 9.17) is 5.26 Å². The fourth-order valence-electron chi connectivity index (χ4n) is 2.31. The third-order valence-corrected chi connectivity index (χ3v) is 3.08. The van der Waals surface area contributed by atoms with Crippen LogP contribution in [-0.4, -0.2) is 5.78 Å². The predicted molar refractivity (Wildman–Crippen MR) is 57.5 cm³/mol. The van der Waals surface area contributed by atoms with Gasteiger partial charge >= 0.3 is 0 Å². The molecule has 0 aromatic heterocycles. The minimum atomic E-state index is 0.0569. The molecule has 0 saturated carbocycles. The molecule has 76 valence electrons. The molecular weight excluding hydrogens is 186 g/mol. The minimum absolute atomic E-state index is 0.0569. The van der Waals surface area contributed by atoms with Gasteiger partial charge in [0.1, 0.15) is 5.78 Å². The van der Waals surface area contributed by atoms with Gasteiger partial charge in [0, 0.05) is 5.92 Å². The Morgan fingerprint density at radius 1 is 1.53 bits per heavy atom. The minimum Gasteiger partial charge on any atom is -0.299 e. The van der Waals surface area contributed by atoms with Crippen LogP contribution in [0.25, 0.3) is 0 Å². The van der Waals surface area contributed by atoms with Gasteiger partial charge in [0.2, 0.25) is 0 Å². The van der Waals surface area contributed by atoms with Crippen molar-refractivity contribution in [1.29, 1.82) is 5.26 Å². The smallest absolute Gasteiger partial charge is 0.137 e. The Morgan fingerprint density at radius 3 is 3.00 bits per heavy atom. The van der Waals surface area contributed by atoms with Crippen molar-refractivity contribution in [2.24, 2.45) is 0 Å². The first-order valence-electron chi connectivity index (χ1n) is 5.25. The maximum absolute atomic E-state index is 11.5. The summed E-state index contributed by atoms with van der Waals surface area (Å²) < 4.78 is 0. The average Bonchev–Trinajstić information content (AvgIpc) is 2.27. The first-order chi connectivity index (χ1) is 7.22. The van der Waals surface area contributed by atoms with E-state index < -0.39 is 0 Å². The van der Waals surface area contributed by atoms with Crippen LogP contribution in [0.15, 0.2) is 18.2 Å². The number of ketones is 1. The molecule has 15 heavy (non-hydrogen) atoms. The largest absolute Gasteiger partial charge is 0.299 e. The molecule has 1 aromatic rings. The van der Waals surface area contributed by atoms with Crippen molar-refractivity contribution in [3.8, 4) is 6.07 Å². The third kappa shape index (κ3) is 1.78. The van der Waals surface area contributed by atoms with Gasteiger partial charge in [0.25, 0.3) is 0 Å². The van der Waals surface area contributed by atoms with Crippen molar-refractivity contribution in [1.82, 2.24) is 0 Å². The fourth-order valence-corrected chi connectivity index (χ4v) is 2.31. The Labute approximate surface area is 89.5 Å². The Kier molecular flexibility index (Phi) is 2.55.